The number of carbonyl (C=O) groups excluding carboxylic acids is 4. The van der Waals surface area contributed by atoms with Crippen molar-refractivity contribution in [2.45, 2.75) is 152 Å². The van der Waals surface area contributed by atoms with Crippen LogP contribution in [0, 0.1) is 25.7 Å². The highest BCUT2D eigenvalue weighted by molar-refractivity contribution is 7.92. The number of H-pyrrole nitrogens is 1. The molecule has 0 spiro atoms. The highest BCUT2D eigenvalue weighted by Gasteiger charge is 2.45. The number of hydrogen-bond donors (Lipinski definition) is 6. The number of hydrogen-bond acceptors (Lipinski definition) is 15. The van der Waals surface area contributed by atoms with Crippen LogP contribution in [0.3, 0.4) is 0 Å². The van der Waals surface area contributed by atoms with Crippen LogP contribution in [0.25, 0.3) is 10.9 Å². The van der Waals surface area contributed by atoms with Crippen molar-refractivity contribution in [1.29, 1.82) is 0 Å². The molecule has 5 heterocycles. The van der Waals surface area contributed by atoms with Crippen molar-refractivity contribution in [1.82, 2.24) is 56.3 Å². The van der Waals surface area contributed by atoms with Gasteiger partial charge in [0.25, 0.3) is 5.91 Å². The van der Waals surface area contributed by atoms with E-state index in [1.807, 2.05) is 32.0 Å². The maximum atomic E-state index is 14.8. The summed E-state index contributed by atoms with van der Waals surface area (Å²) < 4.78 is 33.5. The van der Waals surface area contributed by atoms with Crippen molar-refractivity contribution in [2.75, 3.05) is 43.5 Å². The van der Waals surface area contributed by atoms with Gasteiger partial charge in [0.05, 0.1) is 41.3 Å². The second-order valence-electron chi connectivity index (χ2n) is 22.1. The van der Waals surface area contributed by atoms with Gasteiger partial charge in [-0.15, -0.1) is 0 Å². The first-order chi connectivity index (χ1) is 36.4. The van der Waals surface area contributed by atoms with E-state index < -0.39 is 44.7 Å². The van der Waals surface area contributed by atoms with Gasteiger partial charge in [0.1, 0.15) is 46.4 Å². The number of nitrogens with one attached hydrogen (secondary N) is 6. The number of aromatic nitrogens is 6. The number of aryl methyl sites for hydroxylation is 2. The minimum Gasteiger partial charge on any atom is -0.492 e. The van der Waals surface area contributed by atoms with E-state index in [9.17, 15) is 27.6 Å². The summed E-state index contributed by atoms with van der Waals surface area (Å²) in [6.07, 6.45) is 13.3. The smallest absolute Gasteiger partial charge is 0.271 e. The van der Waals surface area contributed by atoms with E-state index in [0.29, 0.717) is 41.4 Å². The van der Waals surface area contributed by atoms with Gasteiger partial charge in [-0.1, -0.05) is 43.5 Å². The first-order valence-corrected chi connectivity index (χ1v) is 28.4. The molecule has 1 saturated carbocycles. The number of aromatic amines is 1. The fraction of sp³-hybridized carbons (Fsp3) is 0.545. The Labute approximate surface area is 445 Å². The second-order valence-corrected chi connectivity index (χ2v) is 24.7. The number of likely N-dealkylation sites (N-methyl/N-ethyl adjacent to an activating group) is 1. The zero-order valence-electron chi connectivity index (χ0n) is 44.7. The number of rotatable bonds is 16. The molecular weight excluding hydrogens is 987 g/mol. The predicted molar refractivity (Wildman–Crippen MR) is 289 cm³/mol. The Balaban J connectivity index is 0.851. The molecule has 1 unspecified atom stereocenters. The lowest BCUT2D eigenvalue weighted by atomic mass is 9.83. The molecule has 5 aromatic rings. The Morgan fingerprint density at radius 1 is 0.895 bits per heavy atom. The van der Waals surface area contributed by atoms with E-state index in [1.165, 1.54) is 18.1 Å². The summed E-state index contributed by atoms with van der Waals surface area (Å²) in [7, 11) is -2.18. The number of anilines is 3. The molecule has 76 heavy (non-hydrogen) atoms. The zero-order valence-corrected chi connectivity index (χ0v) is 45.6. The number of fused-ring (bicyclic) bond motifs is 2. The average molecular weight is 1060 g/mol. The zero-order chi connectivity index (χ0) is 53.9. The molecule has 4 amide bonds. The summed E-state index contributed by atoms with van der Waals surface area (Å²) in [5, 5.41) is 23.4. The van der Waals surface area contributed by atoms with Gasteiger partial charge in [-0.05, 0) is 129 Å². The molecule has 2 aliphatic heterocycles. The van der Waals surface area contributed by atoms with Crippen LogP contribution < -0.4 is 36.2 Å². The number of nitrogens with zero attached hydrogens (tertiary/aromatic N) is 7. The van der Waals surface area contributed by atoms with Gasteiger partial charge >= 0.3 is 0 Å². The normalized spacial score (nSPS) is 20.4. The summed E-state index contributed by atoms with van der Waals surface area (Å²) in [6, 6.07) is 8.39. The first kappa shape index (κ1) is 54.1. The molecule has 9 rings (SSSR count). The molecule has 20 nitrogen and oxygen atoms in total. The molecule has 2 aliphatic carbocycles. The maximum absolute atomic E-state index is 14.8. The fourth-order valence-corrected chi connectivity index (χ4v) is 12.3. The van der Waals surface area contributed by atoms with Crippen LogP contribution >= 0.6 is 0 Å². The maximum Gasteiger partial charge on any atom is 0.271 e. The fourth-order valence-electron chi connectivity index (χ4n) is 11.0. The van der Waals surface area contributed by atoms with Crippen LogP contribution in [0.15, 0.2) is 60.0 Å². The Hall–Kier alpha value is -6.74. The van der Waals surface area contributed by atoms with E-state index in [2.05, 4.69) is 67.7 Å². The third-order valence-corrected chi connectivity index (χ3v) is 18.5. The number of carbonyl (C=O) groups is 4. The molecule has 3 aromatic heterocycles. The molecule has 3 fully saturated rings. The number of benzene rings is 2. The van der Waals surface area contributed by atoms with Crippen LogP contribution in [0.2, 0.25) is 0 Å². The Bertz CT molecular complexity index is 3040. The number of ether oxygens (including phenoxy) is 1. The summed E-state index contributed by atoms with van der Waals surface area (Å²) in [6.45, 7) is 12.2. The number of likely N-dealkylation sites (tertiary alicyclic amines) is 1. The van der Waals surface area contributed by atoms with Gasteiger partial charge in [0.15, 0.2) is 15.7 Å². The van der Waals surface area contributed by atoms with E-state index >= 15 is 0 Å². The lowest BCUT2D eigenvalue weighted by molar-refractivity contribution is -0.143. The monoisotopic (exact) mass is 1060 g/mol. The van der Waals surface area contributed by atoms with Gasteiger partial charge in [-0.3, -0.25) is 24.3 Å². The molecular formula is C55H73N13O7S. The highest BCUT2D eigenvalue weighted by Crippen LogP contribution is 2.39. The Morgan fingerprint density at radius 3 is 2.36 bits per heavy atom. The average Bonchev–Trinajstić information content (AvgIpc) is 4.00. The summed E-state index contributed by atoms with van der Waals surface area (Å²) >= 11 is 0. The van der Waals surface area contributed by atoms with Gasteiger partial charge in [-0.25, -0.2) is 28.4 Å². The predicted octanol–water partition coefficient (Wildman–Crippen LogP) is 5.94. The van der Waals surface area contributed by atoms with Gasteiger partial charge in [-0.2, -0.15) is 5.10 Å². The topological polar surface area (TPSA) is 259 Å². The van der Waals surface area contributed by atoms with Crippen molar-refractivity contribution in [3.8, 4) is 5.75 Å². The third kappa shape index (κ3) is 11.6. The molecule has 6 N–H and O–H groups in total. The van der Waals surface area contributed by atoms with Crippen LogP contribution in [-0.2, 0) is 30.6 Å². The van der Waals surface area contributed by atoms with Crippen molar-refractivity contribution in [3.63, 3.8) is 0 Å². The second kappa shape index (κ2) is 22.8. The summed E-state index contributed by atoms with van der Waals surface area (Å²) in [5.41, 5.74) is 4.71. The van der Waals surface area contributed by atoms with Crippen molar-refractivity contribution in [3.05, 3.63) is 83.2 Å². The van der Waals surface area contributed by atoms with Crippen LogP contribution in [0.4, 0.5) is 17.5 Å². The standard InChI is InChI=1S/C55H73N13O7S/c1-32-33(2)65-66-49(32)64-50-40-25-46(76(73,74)55(4,5)6)45(26-42(40)59-31-60-50)75-30-35-20-22-67(23-21-35)47-28-57-43(27-58-47)52(70)61-38-24-44(53(71)62-41-19-13-17-36-14-11-12-18-39(36)41)68(29-38)54(72)48(37-15-9-8-10-16-37)63-51(69)34(3)56-7/h11-12,14,18,25-28,31,34-35,37-38,41,44,48,56H,8-10,13,15-17,19-24,29-30H2,1-7H3,(H,61,70)(H,62,71)(H,63,69)(H2,59,60,64,65,66)/t34-,38-,41+,44-,48?/m0/s1. The first-order valence-electron chi connectivity index (χ1n) is 26.9. The molecule has 2 aromatic carbocycles. The molecule has 5 atom stereocenters. The van der Waals surface area contributed by atoms with E-state index in [1.54, 1.807) is 58.0 Å². The van der Waals surface area contributed by atoms with Crippen LogP contribution in [0.5, 0.6) is 5.75 Å². The molecule has 406 valence electrons. The Kier molecular flexibility index (Phi) is 16.3. The summed E-state index contributed by atoms with van der Waals surface area (Å²) in [5.74, 6) is 0.513. The molecule has 21 heteroatoms. The van der Waals surface area contributed by atoms with Gasteiger partial charge in [0, 0.05) is 48.4 Å². The van der Waals surface area contributed by atoms with Gasteiger partial charge in [0.2, 0.25) is 17.7 Å². The highest BCUT2D eigenvalue weighted by atomic mass is 32.2. The lowest BCUT2D eigenvalue weighted by Gasteiger charge is -2.35. The Morgan fingerprint density at radius 2 is 1.66 bits per heavy atom. The van der Waals surface area contributed by atoms with Gasteiger partial charge < -0.3 is 41.1 Å². The van der Waals surface area contributed by atoms with Crippen LogP contribution in [-0.4, -0.2) is 129 Å². The van der Waals surface area contributed by atoms with E-state index in [0.717, 1.165) is 81.0 Å². The third-order valence-electron chi connectivity index (χ3n) is 16.0. The van der Waals surface area contributed by atoms with Crippen molar-refractivity contribution < 1.29 is 32.3 Å². The molecule has 4 aliphatic rings. The minimum atomic E-state index is -3.87. The quantitative estimate of drug-likeness (QED) is 0.0669. The number of amides is 4. The SMILES string of the molecule is CN[C@@H](C)C(=O)NC(C(=O)N1C[C@@H](NC(=O)c2cnc(N3CCC(COc4cc5ncnc(Nc6n[nH]c(C)c6C)c5cc4S(=O)(=O)C(C)(C)C)CC3)cn2)C[C@H]1C(=O)N[C@@H]1CCCc2ccccc21)C1CCCCC1. The van der Waals surface area contributed by atoms with E-state index in [4.69, 9.17) is 4.74 Å². The number of piperidine rings is 1. The van der Waals surface area contributed by atoms with Crippen molar-refractivity contribution in [2.24, 2.45) is 11.8 Å². The lowest BCUT2D eigenvalue weighted by Crippen LogP contribution is -2.58. The largest absolute Gasteiger partial charge is 0.492 e. The summed E-state index contributed by atoms with van der Waals surface area (Å²) in [4.78, 5) is 78.4. The number of sulfone groups is 1. The molecule has 0 radical (unpaired) electrons. The molecule has 2 saturated heterocycles. The minimum absolute atomic E-state index is 0.0612. The van der Waals surface area contributed by atoms with E-state index in [-0.39, 0.29) is 71.5 Å². The van der Waals surface area contributed by atoms with Crippen molar-refractivity contribution >= 4 is 61.8 Å². The van der Waals surface area contributed by atoms with Crippen LogP contribution in [0.1, 0.15) is 131 Å². The molecule has 0 bridgehead atoms.